The zero-order valence-corrected chi connectivity index (χ0v) is 10.5. The third-order valence-electron chi connectivity index (χ3n) is 3.70. The topological polar surface area (TPSA) is 29.9 Å². The van der Waals surface area contributed by atoms with Crippen molar-refractivity contribution in [3.05, 3.63) is 18.0 Å². The molecule has 0 aromatic carbocycles. The van der Waals surface area contributed by atoms with E-state index in [0.717, 1.165) is 19.6 Å². The fraction of sp³-hybridized carbons (Fsp3) is 0.769. The fourth-order valence-electron chi connectivity index (χ4n) is 2.58. The predicted octanol–water partition coefficient (Wildman–Crippen LogP) is 2.57. The van der Waals surface area contributed by atoms with Crippen LogP contribution in [0.2, 0.25) is 0 Å². The van der Waals surface area contributed by atoms with Crippen molar-refractivity contribution >= 4 is 0 Å². The molecule has 2 rings (SSSR count). The number of aromatic nitrogens is 2. The third kappa shape index (κ3) is 2.85. The first-order valence-electron chi connectivity index (χ1n) is 6.44. The van der Waals surface area contributed by atoms with Gasteiger partial charge in [-0.1, -0.05) is 19.8 Å². The molecule has 0 amide bonds. The summed E-state index contributed by atoms with van der Waals surface area (Å²) in [5.74, 6) is 0. The van der Waals surface area contributed by atoms with Crippen molar-refractivity contribution in [2.45, 2.75) is 52.6 Å². The summed E-state index contributed by atoms with van der Waals surface area (Å²) in [5, 5.41) is 7.85. The van der Waals surface area contributed by atoms with Gasteiger partial charge in [0.05, 0.1) is 6.20 Å². The van der Waals surface area contributed by atoms with Crippen LogP contribution in [0.1, 0.15) is 45.1 Å². The molecule has 3 heteroatoms. The zero-order chi connectivity index (χ0) is 11.4. The molecule has 1 aromatic rings. The summed E-state index contributed by atoms with van der Waals surface area (Å²) in [7, 11) is 0. The van der Waals surface area contributed by atoms with Gasteiger partial charge in [-0.15, -0.1) is 0 Å². The monoisotopic (exact) mass is 221 g/mol. The number of aryl methyl sites for hydroxylation is 1. The maximum atomic E-state index is 4.28. The Kier molecular flexibility index (Phi) is 3.64. The maximum Gasteiger partial charge on any atom is 0.0534 e. The first-order valence-corrected chi connectivity index (χ1v) is 6.44. The highest BCUT2D eigenvalue weighted by Crippen LogP contribution is 2.36. The first kappa shape index (κ1) is 11.6. The second-order valence-electron chi connectivity index (χ2n) is 5.33. The highest BCUT2D eigenvalue weighted by atomic mass is 15.3. The molecule has 0 bridgehead atoms. The van der Waals surface area contributed by atoms with Crippen LogP contribution in [-0.2, 0) is 13.1 Å². The summed E-state index contributed by atoms with van der Waals surface area (Å²) in [5.41, 5.74) is 1.84. The smallest absolute Gasteiger partial charge is 0.0534 e. The van der Waals surface area contributed by atoms with Crippen LogP contribution in [0, 0.1) is 5.41 Å². The minimum Gasteiger partial charge on any atom is -0.312 e. The summed E-state index contributed by atoms with van der Waals surface area (Å²) < 4.78 is 1.98. The highest BCUT2D eigenvalue weighted by molar-refractivity contribution is 5.03. The van der Waals surface area contributed by atoms with Gasteiger partial charge in [0, 0.05) is 31.4 Å². The minimum absolute atomic E-state index is 0.542. The molecule has 1 saturated carbocycles. The highest BCUT2D eigenvalue weighted by Gasteiger charge is 2.27. The minimum atomic E-state index is 0.542. The first-order chi connectivity index (χ1) is 7.72. The Balaban J connectivity index is 1.75. The van der Waals surface area contributed by atoms with Crippen LogP contribution in [-0.4, -0.2) is 16.3 Å². The van der Waals surface area contributed by atoms with Crippen molar-refractivity contribution < 1.29 is 0 Å². The zero-order valence-electron chi connectivity index (χ0n) is 10.5. The lowest BCUT2D eigenvalue weighted by molar-refractivity contribution is 0.314. The lowest BCUT2D eigenvalue weighted by Crippen LogP contribution is -2.29. The van der Waals surface area contributed by atoms with E-state index in [4.69, 9.17) is 0 Å². The van der Waals surface area contributed by atoms with Gasteiger partial charge in [-0.05, 0) is 25.2 Å². The summed E-state index contributed by atoms with van der Waals surface area (Å²) in [4.78, 5) is 0. The van der Waals surface area contributed by atoms with Gasteiger partial charge < -0.3 is 5.32 Å². The normalized spacial score (nSPS) is 19.1. The molecule has 16 heavy (non-hydrogen) atoms. The lowest BCUT2D eigenvalue weighted by Gasteiger charge is -2.23. The predicted molar refractivity (Wildman–Crippen MR) is 66.2 cm³/mol. The Bertz CT molecular complexity index is 324. The molecule has 0 spiro atoms. The van der Waals surface area contributed by atoms with Crippen LogP contribution in [0.5, 0.6) is 0 Å². The lowest BCUT2D eigenvalue weighted by atomic mass is 9.89. The van der Waals surface area contributed by atoms with Gasteiger partial charge in [0.15, 0.2) is 0 Å². The van der Waals surface area contributed by atoms with E-state index < -0.39 is 0 Å². The Labute approximate surface area is 98.2 Å². The molecule has 1 heterocycles. The van der Waals surface area contributed by atoms with Gasteiger partial charge in [0.2, 0.25) is 0 Å². The summed E-state index contributed by atoms with van der Waals surface area (Å²) in [6.45, 7) is 7.57. The molecule has 0 unspecified atom stereocenters. The second-order valence-corrected chi connectivity index (χ2v) is 5.33. The largest absolute Gasteiger partial charge is 0.312 e. The van der Waals surface area contributed by atoms with Crippen molar-refractivity contribution in [1.82, 2.24) is 15.1 Å². The van der Waals surface area contributed by atoms with Crippen molar-refractivity contribution in [3.8, 4) is 0 Å². The number of nitrogens with zero attached hydrogens (tertiary/aromatic N) is 2. The van der Waals surface area contributed by atoms with Crippen molar-refractivity contribution in [1.29, 1.82) is 0 Å². The molecule has 1 aromatic heterocycles. The molecule has 1 aliphatic rings. The molecule has 90 valence electrons. The van der Waals surface area contributed by atoms with E-state index in [1.54, 1.807) is 0 Å². The number of hydrogen-bond acceptors (Lipinski definition) is 2. The van der Waals surface area contributed by atoms with Gasteiger partial charge in [-0.2, -0.15) is 5.10 Å². The van der Waals surface area contributed by atoms with E-state index in [-0.39, 0.29) is 0 Å². The Morgan fingerprint density at radius 3 is 2.81 bits per heavy atom. The Morgan fingerprint density at radius 2 is 2.19 bits per heavy atom. The number of rotatable bonds is 5. The van der Waals surface area contributed by atoms with Gasteiger partial charge >= 0.3 is 0 Å². The Morgan fingerprint density at radius 1 is 1.44 bits per heavy atom. The molecule has 1 N–H and O–H groups in total. The van der Waals surface area contributed by atoms with Crippen LogP contribution in [0.15, 0.2) is 12.4 Å². The average Bonchev–Trinajstić information content (AvgIpc) is 2.88. The molecule has 3 nitrogen and oxygen atoms in total. The van der Waals surface area contributed by atoms with Crippen LogP contribution >= 0.6 is 0 Å². The molecule has 1 aliphatic carbocycles. The van der Waals surface area contributed by atoms with E-state index >= 15 is 0 Å². The van der Waals surface area contributed by atoms with Crippen molar-refractivity contribution in [3.63, 3.8) is 0 Å². The maximum absolute atomic E-state index is 4.28. The fourth-order valence-corrected chi connectivity index (χ4v) is 2.58. The Hall–Kier alpha value is -0.830. The average molecular weight is 221 g/mol. The summed E-state index contributed by atoms with van der Waals surface area (Å²) in [6, 6.07) is 0. The van der Waals surface area contributed by atoms with Crippen LogP contribution in [0.4, 0.5) is 0 Å². The van der Waals surface area contributed by atoms with E-state index in [9.17, 15) is 0 Å². The molecule has 0 radical (unpaired) electrons. The summed E-state index contributed by atoms with van der Waals surface area (Å²) in [6.07, 6.45) is 9.68. The van der Waals surface area contributed by atoms with E-state index in [1.807, 2.05) is 10.9 Å². The van der Waals surface area contributed by atoms with E-state index in [0.29, 0.717) is 5.41 Å². The molecule has 1 fully saturated rings. The second kappa shape index (κ2) is 5.00. The molecule has 0 aliphatic heterocycles. The van der Waals surface area contributed by atoms with E-state index in [1.165, 1.54) is 31.2 Å². The van der Waals surface area contributed by atoms with Crippen LogP contribution in [0.3, 0.4) is 0 Å². The van der Waals surface area contributed by atoms with Crippen LogP contribution < -0.4 is 5.32 Å². The quantitative estimate of drug-likeness (QED) is 0.828. The van der Waals surface area contributed by atoms with Crippen molar-refractivity contribution in [2.75, 3.05) is 6.54 Å². The number of hydrogen-bond donors (Lipinski definition) is 1. The van der Waals surface area contributed by atoms with E-state index in [2.05, 4.69) is 30.5 Å². The molecular formula is C13H23N3. The third-order valence-corrected chi connectivity index (χ3v) is 3.70. The summed E-state index contributed by atoms with van der Waals surface area (Å²) >= 11 is 0. The van der Waals surface area contributed by atoms with Crippen molar-refractivity contribution in [2.24, 2.45) is 5.41 Å². The molecular weight excluding hydrogens is 198 g/mol. The SMILES string of the molecule is CCn1cc(CNCC2(C)CCCC2)cn1. The van der Waals surface area contributed by atoms with Gasteiger partial charge in [-0.25, -0.2) is 0 Å². The van der Waals surface area contributed by atoms with Gasteiger partial charge in [0.1, 0.15) is 0 Å². The van der Waals surface area contributed by atoms with Crippen LogP contribution in [0.25, 0.3) is 0 Å². The van der Waals surface area contributed by atoms with Gasteiger partial charge in [-0.3, -0.25) is 4.68 Å². The van der Waals surface area contributed by atoms with Gasteiger partial charge in [0.25, 0.3) is 0 Å². The molecule has 0 atom stereocenters. The standard InChI is InChI=1S/C13H23N3/c1-3-16-10-12(9-15-16)8-14-11-13(2)6-4-5-7-13/h9-10,14H,3-8,11H2,1-2H3. The molecule has 0 saturated heterocycles. The number of nitrogens with one attached hydrogen (secondary N) is 1.